The van der Waals surface area contributed by atoms with E-state index in [1.165, 1.54) is 29.2 Å². The van der Waals surface area contributed by atoms with Gasteiger partial charge in [0.25, 0.3) is 10.0 Å². The molecule has 0 radical (unpaired) electrons. The van der Waals surface area contributed by atoms with E-state index >= 15 is 0 Å². The number of urea groups is 1. The van der Waals surface area contributed by atoms with Gasteiger partial charge in [-0.2, -0.15) is 0 Å². The number of nitrogens with zero attached hydrogens (tertiary/aromatic N) is 4. The van der Waals surface area contributed by atoms with Crippen LogP contribution in [-0.2, 0) is 10.0 Å². The minimum absolute atomic E-state index is 0.0206. The number of carbonyl (C=O) groups excluding carboxylic acids is 1. The molecule has 2 aromatic heterocycles. The average Bonchev–Trinajstić information content (AvgIpc) is 3.09. The van der Waals surface area contributed by atoms with Gasteiger partial charge in [0.2, 0.25) is 5.95 Å². The van der Waals surface area contributed by atoms with E-state index in [0.29, 0.717) is 26.3 Å². The number of hydrogen-bond acceptors (Lipinski definition) is 9. The molecule has 28 heavy (non-hydrogen) atoms. The predicted octanol–water partition coefficient (Wildman–Crippen LogP) is 2.84. The molecule has 0 aliphatic carbocycles. The maximum absolute atomic E-state index is 12.8. The first-order chi connectivity index (χ1) is 13.3. The molecule has 2 heterocycles. The van der Waals surface area contributed by atoms with Crippen LogP contribution >= 0.6 is 23.1 Å². The lowest BCUT2D eigenvalue weighted by Crippen LogP contribution is -2.35. The van der Waals surface area contributed by atoms with Gasteiger partial charge in [-0.3, -0.25) is 5.32 Å². The van der Waals surface area contributed by atoms with Crippen molar-refractivity contribution in [2.45, 2.75) is 23.1 Å². The zero-order valence-electron chi connectivity index (χ0n) is 15.1. The standard InChI is InChI=1S/C16H16N6O3S3/c1-9-8-10(2)18-14(17-9)19-15(23)22-28(24,25)12-7-5-4-6-11(12)13-20-21-16(26-3)27-13/h4-8H,1-3H3,(H2,17,18,19,22,23). The van der Waals surface area contributed by atoms with Gasteiger partial charge in [-0.1, -0.05) is 41.3 Å². The van der Waals surface area contributed by atoms with Crippen LogP contribution in [-0.4, -0.2) is 40.9 Å². The van der Waals surface area contributed by atoms with Gasteiger partial charge in [0.05, 0.1) is 4.90 Å². The van der Waals surface area contributed by atoms with Crippen LogP contribution in [0, 0.1) is 13.8 Å². The van der Waals surface area contributed by atoms with Gasteiger partial charge in [-0.15, -0.1) is 10.2 Å². The lowest BCUT2D eigenvalue weighted by Gasteiger charge is -2.10. The Morgan fingerprint density at radius 1 is 1.11 bits per heavy atom. The zero-order valence-corrected chi connectivity index (χ0v) is 17.6. The van der Waals surface area contributed by atoms with Crippen molar-refractivity contribution < 1.29 is 13.2 Å². The van der Waals surface area contributed by atoms with E-state index in [9.17, 15) is 13.2 Å². The molecule has 0 atom stereocenters. The molecule has 0 aliphatic rings. The molecule has 0 aliphatic heterocycles. The van der Waals surface area contributed by atoms with Crippen molar-refractivity contribution in [1.82, 2.24) is 24.9 Å². The fourth-order valence-corrected chi connectivity index (χ4v) is 4.86. The van der Waals surface area contributed by atoms with Gasteiger partial charge in [-0.05, 0) is 32.2 Å². The number of benzene rings is 1. The van der Waals surface area contributed by atoms with Gasteiger partial charge in [0.15, 0.2) is 4.34 Å². The van der Waals surface area contributed by atoms with E-state index in [0.717, 1.165) is 0 Å². The average molecular weight is 437 g/mol. The van der Waals surface area contributed by atoms with Gasteiger partial charge in [-0.25, -0.2) is 27.9 Å². The normalized spacial score (nSPS) is 11.2. The molecule has 2 N–H and O–H groups in total. The Morgan fingerprint density at radius 2 is 1.79 bits per heavy atom. The first-order valence-corrected chi connectivity index (χ1v) is 11.4. The Labute approximate surface area is 170 Å². The molecule has 9 nitrogen and oxygen atoms in total. The summed E-state index contributed by atoms with van der Waals surface area (Å²) in [5, 5.41) is 10.8. The monoisotopic (exact) mass is 436 g/mol. The number of amides is 2. The molecular weight excluding hydrogens is 420 g/mol. The molecular formula is C16H16N6O3S3. The molecule has 2 amide bonds. The Bertz CT molecular complexity index is 1110. The molecule has 1 aromatic carbocycles. The first-order valence-electron chi connectivity index (χ1n) is 7.91. The van der Waals surface area contributed by atoms with Crippen LogP contribution in [0.3, 0.4) is 0 Å². The first kappa shape index (κ1) is 20.2. The third-order valence-electron chi connectivity index (χ3n) is 3.42. The maximum atomic E-state index is 12.8. The summed E-state index contributed by atoms with van der Waals surface area (Å²) in [6.45, 7) is 3.49. The van der Waals surface area contributed by atoms with Crippen molar-refractivity contribution in [3.63, 3.8) is 0 Å². The Balaban J connectivity index is 1.86. The summed E-state index contributed by atoms with van der Waals surface area (Å²) in [4.78, 5) is 20.3. The molecule has 3 aromatic rings. The van der Waals surface area contributed by atoms with E-state index in [2.05, 4.69) is 25.5 Å². The molecule has 146 valence electrons. The minimum atomic E-state index is -4.16. The van der Waals surface area contributed by atoms with Crippen LogP contribution in [0.15, 0.2) is 39.6 Å². The maximum Gasteiger partial charge on any atom is 0.335 e. The number of thioether (sulfide) groups is 1. The molecule has 0 bridgehead atoms. The summed E-state index contributed by atoms with van der Waals surface area (Å²) in [7, 11) is -4.16. The van der Waals surface area contributed by atoms with Crippen LogP contribution in [0.25, 0.3) is 10.6 Å². The highest BCUT2D eigenvalue weighted by Crippen LogP contribution is 2.32. The smallest absolute Gasteiger partial charge is 0.275 e. The van der Waals surface area contributed by atoms with Gasteiger partial charge in [0, 0.05) is 17.0 Å². The van der Waals surface area contributed by atoms with Gasteiger partial charge >= 0.3 is 6.03 Å². The number of nitrogens with one attached hydrogen (secondary N) is 2. The third-order valence-corrected chi connectivity index (χ3v) is 6.74. The topological polar surface area (TPSA) is 127 Å². The quantitative estimate of drug-likeness (QED) is 0.585. The van der Waals surface area contributed by atoms with Gasteiger partial charge < -0.3 is 0 Å². The van der Waals surface area contributed by atoms with Gasteiger partial charge in [0.1, 0.15) is 5.01 Å². The summed E-state index contributed by atoms with van der Waals surface area (Å²) in [6, 6.07) is 7.06. The van der Waals surface area contributed by atoms with Crippen LogP contribution < -0.4 is 10.0 Å². The number of aryl methyl sites for hydroxylation is 2. The zero-order chi connectivity index (χ0) is 20.3. The Kier molecular flexibility index (Phi) is 5.91. The summed E-state index contributed by atoms with van der Waals surface area (Å²) < 4.78 is 28.2. The second-order valence-electron chi connectivity index (χ2n) is 5.61. The highest BCUT2D eigenvalue weighted by molar-refractivity contribution is 8.00. The highest BCUT2D eigenvalue weighted by Gasteiger charge is 2.24. The van der Waals surface area contributed by atoms with Crippen molar-refractivity contribution in [2.24, 2.45) is 0 Å². The number of carbonyl (C=O) groups is 1. The van der Waals surface area contributed by atoms with Crippen LogP contribution in [0.2, 0.25) is 0 Å². The SMILES string of the molecule is CSc1nnc(-c2ccccc2S(=O)(=O)NC(=O)Nc2nc(C)cc(C)n2)s1. The number of rotatable bonds is 5. The summed E-state index contributed by atoms with van der Waals surface area (Å²) in [5.74, 6) is 0.0206. The Morgan fingerprint density at radius 3 is 2.43 bits per heavy atom. The van der Waals surface area contributed by atoms with E-state index < -0.39 is 16.1 Å². The molecule has 0 spiro atoms. The molecule has 0 fully saturated rings. The summed E-state index contributed by atoms with van der Waals surface area (Å²) >= 11 is 2.68. The van der Waals surface area contributed by atoms with E-state index in [-0.39, 0.29) is 10.8 Å². The second kappa shape index (κ2) is 8.20. The highest BCUT2D eigenvalue weighted by atomic mass is 32.2. The van der Waals surface area contributed by atoms with Crippen molar-refractivity contribution in [1.29, 1.82) is 0 Å². The Hall–Kier alpha value is -2.57. The number of anilines is 1. The van der Waals surface area contributed by atoms with E-state index in [1.807, 2.05) is 11.0 Å². The van der Waals surface area contributed by atoms with Crippen LogP contribution in [0.5, 0.6) is 0 Å². The second-order valence-corrected chi connectivity index (χ2v) is 9.29. The van der Waals surface area contributed by atoms with Crippen LogP contribution in [0.1, 0.15) is 11.4 Å². The van der Waals surface area contributed by atoms with Crippen molar-refractivity contribution in [3.8, 4) is 10.6 Å². The van der Waals surface area contributed by atoms with Crippen molar-refractivity contribution in [3.05, 3.63) is 41.7 Å². The van der Waals surface area contributed by atoms with Crippen molar-refractivity contribution in [2.75, 3.05) is 11.6 Å². The molecule has 3 rings (SSSR count). The lowest BCUT2D eigenvalue weighted by molar-refractivity contribution is 0.256. The summed E-state index contributed by atoms with van der Waals surface area (Å²) in [5.41, 5.74) is 1.66. The number of aromatic nitrogens is 4. The fourth-order valence-electron chi connectivity index (χ4n) is 2.36. The predicted molar refractivity (Wildman–Crippen MR) is 108 cm³/mol. The van der Waals surface area contributed by atoms with Crippen LogP contribution in [0.4, 0.5) is 10.7 Å². The fraction of sp³-hybridized carbons (Fsp3) is 0.188. The number of sulfonamides is 1. The summed E-state index contributed by atoms with van der Waals surface area (Å²) in [6.07, 6.45) is 1.86. The molecule has 0 saturated carbocycles. The largest absolute Gasteiger partial charge is 0.335 e. The van der Waals surface area contributed by atoms with Crippen molar-refractivity contribution >= 4 is 45.1 Å². The molecule has 0 unspecified atom stereocenters. The minimum Gasteiger partial charge on any atom is -0.275 e. The molecule has 12 heteroatoms. The van der Waals surface area contributed by atoms with E-state index in [4.69, 9.17) is 0 Å². The number of hydrogen-bond donors (Lipinski definition) is 2. The third kappa shape index (κ3) is 4.64. The molecule has 0 saturated heterocycles. The van der Waals surface area contributed by atoms with E-state index in [1.54, 1.807) is 38.1 Å². The lowest BCUT2D eigenvalue weighted by atomic mass is 10.2.